The Morgan fingerprint density at radius 2 is 1.76 bits per heavy atom. The standard InChI is InChI=1S/C15H28N6/c1-4-15(9-7-8-10-15)11-17-13-18-12(16)19-14(20-13)21(5-2)6-3/h4-11H2,1-3H3,(H3,16,17,18,19,20). The molecule has 6 heteroatoms. The fraction of sp³-hybridized carbons (Fsp3) is 0.800. The summed E-state index contributed by atoms with van der Waals surface area (Å²) in [6.07, 6.45) is 6.45. The molecule has 0 amide bonds. The van der Waals surface area contributed by atoms with E-state index in [0.717, 1.165) is 19.6 Å². The predicted octanol–water partition coefficient (Wildman–Crippen LogP) is 2.68. The van der Waals surface area contributed by atoms with Crippen molar-refractivity contribution in [3.63, 3.8) is 0 Å². The molecule has 1 aliphatic carbocycles. The maximum Gasteiger partial charge on any atom is 0.231 e. The highest BCUT2D eigenvalue weighted by atomic mass is 15.3. The monoisotopic (exact) mass is 292 g/mol. The molecule has 0 aliphatic heterocycles. The second-order valence-electron chi connectivity index (χ2n) is 5.90. The molecular formula is C15H28N6. The van der Waals surface area contributed by atoms with Gasteiger partial charge in [-0.25, -0.2) is 0 Å². The lowest BCUT2D eigenvalue weighted by atomic mass is 9.83. The molecule has 1 fully saturated rings. The van der Waals surface area contributed by atoms with Crippen molar-refractivity contribution in [3.05, 3.63) is 0 Å². The molecule has 1 aromatic rings. The van der Waals surface area contributed by atoms with E-state index in [1.165, 1.54) is 32.1 Å². The van der Waals surface area contributed by atoms with Gasteiger partial charge in [0.05, 0.1) is 0 Å². The van der Waals surface area contributed by atoms with Crippen molar-refractivity contribution in [2.75, 3.05) is 35.6 Å². The van der Waals surface area contributed by atoms with Gasteiger partial charge in [0.25, 0.3) is 0 Å². The summed E-state index contributed by atoms with van der Waals surface area (Å²) in [5.41, 5.74) is 6.23. The summed E-state index contributed by atoms with van der Waals surface area (Å²) in [7, 11) is 0. The van der Waals surface area contributed by atoms with E-state index in [9.17, 15) is 0 Å². The molecule has 1 saturated carbocycles. The molecule has 6 nitrogen and oxygen atoms in total. The number of nitrogens with two attached hydrogens (primary N) is 1. The zero-order valence-corrected chi connectivity index (χ0v) is 13.5. The summed E-state index contributed by atoms with van der Waals surface area (Å²) in [6.45, 7) is 9.08. The van der Waals surface area contributed by atoms with Gasteiger partial charge in [-0.05, 0) is 38.5 Å². The summed E-state index contributed by atoms with van der Waals surface area (Å²) < 4.78 is 0. The number of nitrogens with zero attached hydrogens (tertiary/aromatic N) is 4. The normalized spacial score (nSPS) is 16.9. The van der Waals surface area contributed by atoms with E-state index in [2.05, 4.69) is 45.9 Å². The van der Waals surface area contributed by atoms with Crippen LogP contribution in [0.15, 0.2) is 0 Å². The van der Waals surface area contributed by atoms with Crippen LogP contribution < -0.4 is 16.0 Å². The maximum absolute atomic E-state index is 5.83. The fourth-order valence-corrected chi connectivity index (χ4v) is 3.15. The Bertz CT molecular complexity index is 451. The van der Waals surface area contributed by atoms with Gasteiger partial charge in [-0.15, -0.1) is 0 Å². The highest BCUT2D eigenvalue weighted by molar-refractivity contribution is 5.41. The zero-order valence-electron chi connectivity index (χ0n) is 13.5. The van der Waals surface area contributed by atoms with E-state index in [1.54, 1.807) is 0 Å². The van der Waals surface area contributed by atoms with Crippen molar-refractivity contribution in [1.29, 1.82) is 0 Å². The highest BCUT2D eigenvalue weighted by Crippen LogP contribution is 2.40. The lowest BCUT2D eigenvalue weighted by molar-refractivity contribution is 0.306. The molecule has 0 spiro atoms. The molecule has 1 heterocycles. The smallest absolute Gasteiger partial charge is 0.231 e. The first-order chi connectivity index (χ1) is 10.1. The van der Waals surface area contributed by atoms with Crippen LogP contribution in [0.5, 0.6) is 0 Å². The van der Waals surface area contributed by atoms with Crippen LogP contribution >= 0.6 is 0 Å². The van der Waals surface area contributed by atoms with Crippen molar-refractivity contribution in [1.82, 2.24) is 15.0 Å². The summed E-state index contributed by atoms with van der Waals surface area (Å²) >= 11 is 0. The summed E-state index contributed by atoms with van der Waals surface area (Å²) in [5, 5.41) is 3.39. The lowest BCUT2D eigenvalue weighted by Gasteiger charge is -2.28. The van der Waals surface area contributed by atoms with E-state index >= 15 is 0 Å². The number of hydrogen-bond donors (Lipinski definition) is 2. The zero-order chi connectivity index (χ0) is 15.3. The van der Waals surface area contributed by atoms with E-state index in [4.69, 9.17) is 5.73 Å². The minimum Gasteiger partial charge on any atom is -0.368 e. The highest BCUT2D eigenvalue weighted by Gasteiger charge is 2.31. The van der Waals surface area contributed by atoms with Crippen molar-refractivity contribution < 1.29 is 0 Å². The van der Waals surface area contributed by atoms with Crippen LogP contribution in [-0.4, -0.2) is 34.6 Å². The molecule has 0 radical (unpaired) electrons. The van der Waals surface area contributed by atoms with Crippen LogP contribution in [0.25, 0.3) is 0 Å². The van der Waals surface area contributed by atoms with E-state index in [0.29, 0.717) is 17.3 Å². The summed E-state index contributed by atoms with van der Waals surface area (Å²) in [6, 6.07) is 0. The number of aromatic nitrogens is 3. The molecule has 3 N–H and O–H groups in total. The van der Waals surface area contributed by atoms with Crippen LogP contribution in [0, 0.1) is 5.41 Å². The lowest BCUT2D eigenvalue weighted by Crippen LogP contribution is -2.28. The van der Waals surface area contributed by atoms with Crippen molar-refractivity contribution in [2.45, 2.75) is 52.9 Å². The maximum atomic E-state index is 5.83. The quantitative estimate of drug-likeness (QED) is 0.804. The van der Waals surface area contributed by atoms with Gasteiger partial charge in [0.15, 0.2) is 0 Å². The van der Waals surface area contributed by atoms with Crippen LogP contribution in [0.1, 0.15) is 52.9 Å². The molecule has 21 heavy (non-hydrogen) atoms. The van der Waals surface area contributed by atoms with E-state index < -0.39 is 0 Å². The van der Waals surface area contributed by atoms with Gasteiger partial charge < -0.3 is 16.0 Å². The van der Waals surface area contributed by atoms with Crippen LogP contribution in [0.3, 0.4) is 0 Å². The first-order valence-corrected chi connectivity index (χ1v) is 8.13. The Morgan fingerprint density at radius 3 is 2.33 bits per heavy atom. The van der Waals surface area contributed by atoms with Crippen LogP contribution in [0.2, 0.25) is 0 Å². The summed E-state index contributed by atoms with van der Waals surface area (Å²) in [5.74, 6) is 1.54. The Morgan fingerprint density at radius 1 is 1.10 bits per heavy atom. The number of nitrogens with one attached hydrogen (secondary N) is 1. The number of anilines is 3. The molecule has 0 aromatic carbocycles. The molecule has 0 saturated heterocycles. The molecule has 1 aromatic heterocycles. The molecule has 1 aliphatic rings. The first kappa shape index (κ1) is 15.8. The Labute approximate surface area is 127 Å². The molecule has 0 unspecified atom stereocenters. The molecular weight excluding hydrogens is 264 g/mol. The molecule has 118 valence electrons. The van der Waals surface area contributed by atoms with Gasteiger partial charge >= 0.3 is 0 Å². The van der Waals surface area contributed by atoms with Gasteiger partial charge in [0, 0.05) is 19.6 Å². The predicted molar refractivity (Wildman–Crippen MR) is 87.5 cm³/mol. The minimum absolute atomic E-state index is 0.284. The second-order valence-corrected chi connectivity index (χ2v) is 5.90. The fourth-order valence-electron chi connectivity index (χ4n) is 3.15. The Kier molecular flexibility index (Phi) is 5.20. The molecule has 2 rings (SSSR count). The van der Waals surface area contributed by atoms with Crippen LogP contribution in [-0.2, 0) is 0 Å². The largest absolute Gasteiger partial charge is 0.368 e. The van der Waals surface area contributed by atoms with Gasteiger partial charge in [-0.3, -0.25) is 0 Å². The Hall–Kier alpha value is -1.59. The van der Waals surface area contributed by atoms with Crippen LogP contribution in [0.4, 0.5) is 17.8 Å². The third-order valence-corrected chi connectivity index (χ3v) is 4.72. The van der Waals surface area contributed by atoms with Gasteiger partial charge in [0.2, 0.25) is 17.8 Å². The first-order valence-electron chi connectivity index (χ1n) is 8.13. The van der Waals surface area contributed by atoms with Gasteiger partial charge in [0.1, 0.15) is 0 Å². The number of rotatable bonds is 7. The third-order valence-electron chi connectivity index (χ3n) is 4.72. The van der Waals surface area contributed by atoms with Crippen molar-refractivity contribution in [2.24, 2.45) is 5.41 Å². The number of nitrogen functional groups attached to an aromatic ring is 1. The van der Waals surface area contributed by atoms with Crippen molar-refractivity contribution >= 4 is 17.8 Å². The minimum atomic E-state index is 0.284. The SMILES string of the molecule is CCN(CC)c1nc(N)nc(NCC2(CC)CCCC2)n1. The molecule has 0 atom stereocenters. The van der Waals surface area contributed by atoms with Gasteiger partial charge in [-0.2, -0.15) is 15.0 Å². The average Bonchev–Trinajstić information content (AvgIpc) is 2.95. The number of hydrogen-bond acceptors (Lipinski definition) is 6. The van der Waals surface area contributed by atoms with E-state index in [1.807, 2.05) is 0 Å². The Balaban J connectivity index is 2.09. The topological polar surface area (TPSA) is 80.0 Å². The van der Waals surface area contributed by atoms with Crippen molar-refractivity contribution in [3.8, 4) is 0 Å². The second kappa shape index (κ2) is 6.91. The molecule has 0 bridgehead atoms. The van der Waals surface area contributed by atoms with Gasteiger partial charge in [-0.1, -0.05) is 19.8 Å². The third kappa shape index (κ3) is 3.74. The average molecular weight is 292 g/mol. The van der Waals surface area contributed by atoms with E-state index in [-0.39, 0.29) is 5.95 Å². The summed E-state index contributed by atoms with van der Waals surface area (Å²) in [4.78, 5) is 15.1.